The molecule has 0 atom stereocenters. The van der Waals surface area contributed by atoms with Crippen LogP contribution >= 0.6 is 0 Å². The fraction of sp³-hybridized carbons (Fsp3) is 0.400. The van der Waals surface area contributed by atoms with E-state index in [0.717, 1.165) is 12.2 Å². The molecular formula is C10H16LiNO6S. The van der Waals surface area contributed by atoms with Crippen LogP contribution in [0.3, 0.4) is 0 Å². The summed E-state index contributed by atoms with van der Waals surface area (Å²) in [5.41, 5.74) is -1.06. The summed E-state index contributed by atoms with van der Waals surface area (Å²) in [7, 11) is -4.33. The standard InChI is InChI=1S/C7H13NO4S.C3H4O2.Li/c1-4-6(9)8-7(2,3)5-13(10,11)12;1-2-3(4)5;/h4H,1,5H2,2-3H3,(H,8,9)(H,10,11,12);2H,1H2,(H,4,5);/q;;+1/p-1. The van der Waals surface area contributed by atoms with Gasteiger partial charge in [-0.05, 0) is 19.9 Å². The molecule has 0 bridgehead atoms. The summed E-state index contributed by atoms with van der Waals surface area (Å²) in [5, 5.41) is 9.93. The normalized spacial score (nSPS) is 10.1. The van der Waals surface area contributed by atoms with Crippen LogP contribution in [0.15, 0.2) is 25.3 Å². The molecule has 1 amide bonds. The minimum Gasteiger partial charge on any atom is -0.748 e. The van der Waals surface area contributed by atoms with E-state index in [-0.39, 0.29) is 18.9 Å². The van der Waals surface area contributed by atoms with E-state index in [0.29, 0.717) is 0 Å². The van der Waals surface area contributed by atoms with Gasteiger partial charge >= 0.3 is 24.8 Å². The number of carboxylic acids is 1. The second-order valence-electron chi connectivity index (χ2n) is 3.82. The Hall–Kier alpha value is -1.07. The Bertz CT molecular complexity index is 429. The van der Waals surface area contributed by atoms with Crippen molar-refractivity contribution in [1.29, 1.82) is 0 Å². The van der Waals surface area contributed by atoms with Gasteiger partial charge in [-0.25, -0.2) is 13.2 Å². The smallest absolute Gasteiger partial charge is 0.748 e. The van der Waals surface area contributed by atoms with Gasteiger partial charge in [0, 0.05) is 11.6 Å². The Kier molecular flexibility index (Phi) is 11.9. The van der Waals surface area contributed by atoms with Crippen molar-refractivity contribution in [3.05, 3.63) is 25.3 Å². The van der Waals surface area contributed by atoms with Gasteiger partial charge in [-0.15, -0.1) is 0 Å². The van der Waals surface area contributed by atoms with E-state index in [1.807, 2.05) is 0 Å². The first kappa shape index (κ1) is 23.1. The Morgan fingerprint density at radius 1 is 1.32 bits per heavy atom. The molecule has 0 aliphatic carbocycles. The summed E-state index contributed by atoms with van der Waals surface area (Å²) in [6, 6.07) is 0. The monoisotopic (exact) mass is 285 g/mol. The number of nitrogens with one attached hydrogen (secondary N) is 1. The molecule has 9 heteroatoms. The second kappa shape index (κ2) is 9.81. The minimum absolute atomic E-state index is 0. The third kappa shape index (κ3) is 19.4. The van der Waals surface area contributed by atoms with E-state index in [1.54, 1.807) is 0 Å². The third-order valence-electron chi connectivity index (χ3n) is 1.36. The fourth-order valence-corrected chi connectivity index (χ4v) is 1.82. The predicted octanol–water partition coefficient (Wildman–Crippen LogP) is -3.13. The molecule has 0 aliphatic rings. The fourth-order valence-electron chi connectivity index (χ4n) is 0.863. The van der Waals surface area contributed by atoms with Crippen molar-refractivity contribution in [2.45, 2.75) is 19.4 Å². The van der Waals surface area contributed by atoms with Crippen LogP contribution in [-0.2, 0) is 19.7 Å². The van der Waals surface area contributed by atoms with Crippen LogP contribution in [0.4, 0.5) is 0 Å². The summed E-state index contributed by atoms with van der Waals surface area (Å²) in [5.74, 6) is -2.13. The SMILES string of the molecule is C=CC(=O)NC(C)(C)CS(=O)(=O)[O-].C=CC(=O)O.[Li+]. The number of carboxylic acid groups (broad SMARTS) is 1. The zero-order chi connectivity index (χ0) is 15.0. The number of hydrogen-bond donors (Lipinski definition) is 2. The zero-order valence-corrected chi connectivity index (χ0v) is 12.0. The molecule has 2 N–H and O–H groups in total. The number of hydrogen-bond acceptors (Lipinski definition) is 5. The van der Waals surface area contributed by atoms with Crippen LogP contribution in [0.25, 0.3) is 0 Å². The Morgan fingerprint density at radius 3 is 1.89 bits per heavy atom. The Balaban J connectivity index is -0.000000366. The molecule has 0 saturated carbocycles. The van der Waals surface area contributed by atoms with Crippen molar-refractivity contribution in [3.63, 3.8) is 0 Å². The maximum Gasteiger partial charge on any atom is 1.00 e. The van der Waals surface area contributed by atoms with E-state index < -0.39 is 33.3 Å². The van der Waals surface area contributed by atoms with Crippen molar-refractivity contribution in [3.8, 4) is 0 Å². The molecule has 0 radical (unpaired) electrons. The maximum absolute atomic E-state index is 10.8. The molecule has 0 saturated heterocycles. The van der Waals surface area contributed by atoms with Crippen molar-refractivity contribution >= 4 is 22.0 Å². The van der Waals surface area contributed by atoms with E-state index in [9.17, 15) is 22.6 Å². The molecule has 0 spiro atoms. The molecule has 0 aliphatic heterocycles. The van der Waals surface area contributed by atoms with Crippen LogP contribution in [0.1, 0.15) is 13.8 Å². The number of rotatable bonds is 5. The first-order chi connectivity index (χ1) is 7.93. The van der Waals surface area contributed by atoms with Gasteiger partial charge < -0.3 is 15.0 Å². The average molecular weight is 285 g/mol. The van der Waals surface area contributed by atoms with Crippen molar-refractivity contribution in [2.24, 2.45) is 0 Å². The third-order valence-corrected chi connectivity index (χ3v) is 2.43. The summed E-state index contributed by atoms with van der Waals surface area (Å²) >= 11 is 0. The van der Waals surface area contributed by atoms with Crippen molar-refractivity contribution in [1.82, 2.24) is 5.32 Å². The summed E-state index contributed by atoms with van der Waals surface area (Å²) in [4.78, 5) is 20.0. The molecule has 7 nitrogen and oxygen atoms in total. The van der Waals surface area contributed by atoms with Gasteiger partial charge in [0.1, 0.15) is 0 Å². The van der Waals surface area contributed by atoms with Crippen LogP contribution < -0.4 is 24.2 Å². The molecule has 0 unspecified atom stereocenters. The van der Waals surface area contributed by atoms with E-state index in [1.165, 1.54) is 13.8 Å². The van der Waals surface area contributed by atoms with Gasteiger partial charge in [0.15, 0.2) is 0 Å². The molecule has 0 aromatic rings. The molecule has 0 fully saturated rings. The summed E-state index contributed by atoms with van der Waals surface area (Å²) < 4.78 is 31.2. The van der Waals surface area contributed by atoms with Gasteiger partial charge in [0.05, 0.1) is 15.9 Å². The second-order valence-corrected chi connectivity index (χ2v) is 5.23. The molecule has 104 valence electrons. The minimum atomic E-state index is -4.33. The molecule has 0 heterocycles. The maximum atomic E-state index is 10.8. The van der Waals surface area contributed by atoms with Crippen LogP contribution in [0.5, 0.6) is 0 Å². The summed E-state index contributed by atoms with van der Waals surface area (Å²) in [6.45, 7) is 9.06. The van der Waals surface area contributed by atoms with Gasteiger partial charge in [0.2, 0.25) is 5.91 Å². The Labute approximate surface area is 124 Å². The topological polar surface area (TPSA) is 124 Å². The largest absolute Gasteiger partial charge is 1.00 e. The number of carbonyl (C=O) groups excluding carboxylic acids is 1. The Morgan fingerprint density at radius 2 is 1.68 bits per heavy atom. The molecular weight excluding hydrogens is 269 g/mol. The summed E-state index contributed by atoms with van der Waals surface area (Å²) in [6.07, 6.45) is 1.85. The van der Waals surface area contributed by atoms with Crippen molar-refractivity contribution in [2.75, 3.05) is 5.75 Å². The zero-order valence-electron chi connectivity index (χ0n) is 11.2. The van der Waals surface area contributed by atoms with Crippen LogP contribution in [-0.4, -0.2) is 41.2 Å². The number of amides is 1. The van der Waals surface area contributed by atoms with Gasteiger partial charge in [-0.2, -0.15) is 0 Å². The van der Waals surface area contributed by atoms with E-state index in [4.69, 9.17) is 5.11 Å². The quantitative estimate of drug-likeness (QED) is 0.313. The average Bonchev–Trinajstić information content (AvgIpc) is 2.13. The predicted molar refractivity (Wildman–Crippen MR) is 64.8 cm³/mol. The number of aliphatic carboxylic acids is 1. The van der Waals surface area contributed by atoms with Crippen LogP contribution in [0.2, 0.25) is 0 Å². The molecule has 19 heavy (non-hydrogen) atoms. The van der Waals surface area contributed by atoms with E-state index >= 15 is 0 Å². The number of carbonyl (C=O) groups is 2. The first-order valence-corrected chi connectivity index (χ1v) is 6.25. The van der Waals surface area contributed by atoms with Crippen LogP contribution in [0, 0.1) is 0 Å². The van der Waals surface area contributed by atoms with Crippen molar-refractivity contribution < 1.29 is 46.5 Å². The molecule has 0 aromatic carbocycles. The van der Waals surface area contributed by atoms with E-state index in [2.05, 4.69) is 18.5 Å². The first-order valence-electron chi connectivity index (χ1n) is 4.67. The van der Waals surface area contributed by atoms with Gasteiger partial charge in [0.25, 0.3) is 0 Å². The van der Waals surface area contributed by atoms with Gasteiger partial charge in [-0.3, -0.25) is 4.79 Å². The molecule has 0 rings (SSSR count). The van der Waals surface area contributed by atoms with Gasteiger partial charge in [-0.1, -0.05) is 13.2 Å². The molecule has 0 aromatic heterocycles.